The summed E-state index contributed by atoms with van der Waals surface area (Å²) in [7, 11) is 0. The average Bonchev–Trinajstić information content (AvgIpc) is 2.42. The van der Waals surface area contributed by atoms with Crippen molar-refractivity contribution >= 4 is 0 Å². The molecule has 0 bridgehead atoms. The summed E-state index contributed by atoms with van der Waals surface area (Å²) in [5.74, 6) is 2.99. The molecule has 14 heavy (non-hydrogen) atoms. The number of nitrogens with zero attached hydrogens (tertiary/aromatic N) is 2. The summed E-state index contributed by atoms with van der Waals surface area (Å²) in [6, 6.07) is 0. The van der Waals surface area contributed by atoms with Crippen LogP contribution < -0.4 is 0 Å². The fourth-order valence-electron chi connectivity index (χ4n) is 2.50. The zero-order valence-corrected chi connectivity index (χ0v) is 9.45. The fraction of sp³-hybridized carbons (Fsp3) is 0.750. The Morgan fingerprint density at radius 2 is 2.36 bits per heavy atom. The molecule has 0 aromatic carbocycles. The van der Waals surface area contributed by atoms with Gasteiger partial charge in [0.25, 0.3) is 0 Å². The van der Waals surface area contributed by atoms with Crippen molar-refractivity contribution in [3.8, 4) is 0 Å². The van der Waals surface area contributed by atoms with Crippen LogP contribution in [0.1, 0.15) is 38.2 Å². The van der Waals surface area contributed by atoms with Crippen molar-refractivity contribution < 1.29 is 0 Å². The SMILES string of the molecule is Cc1cn2c(n1)CC(CC(C)C)CC2. The Hall–Kier alpha value is -0.790. The van der Waals surface area contributed by atoms with Gasteiger partial charge >= 0.3 is 0 Å². The molecule has 1 aromatic heterocycles. The third kappa shape index (κ3) is 1.99. The molecule has 0 spiro atoms. The number of fused-ring (bicyclic) bond motifs is 1. The van der Waals surface area contributed by atoms with Crippen LogP contribution in [-0.4, -0.2) is 9.55 Å². The molecule has 0 saturated carbocycles. The lowest BCUT2D eigenvalue weighted by molar-refractivity contribution is 0.324. The van der Waals surface area contributed by atoms with Crippen LogP contribution in [0.5, 0.6) is 0 Å². The molecule has 0 saturated heterocycles. The second-order valence-corrected chi connectivity index (χ2v) is 4.98. The molecule has 1 aliphatic rings. The lowest BCUT2D eigenvalue weighted by Gasteiger charge is -2.24. The molecule has 78 valence electrons. The van der Waals surface area contributed by atoms with Gasteiger partial charge in [0.1, 0.15) is 5.82 Å². The summed E-state index contributed by atoms with van der Waals surface area (Å²) in [4.78, 5) is 4.57. The van der Waals surface area contributed by atoms with Crippen LogP contribution in [0.2, 0.25) is 0 Å². The molecule has 1 aliphatic heterocycles. The van der Waals surface area contributed by atoms with Crippen LogP contribution in [0.3, 0.4) is 0 Å². The normalized spacial score (nSPS) is 21.3. The van der Waals surface area contributed by atoms with Gasteiger partial charge in [-0.2, -0.15) is 0 Å². The first-order chi connectivity index (χ1) is 6.65. The Bertz CT molecular complexity index is 312. The van der Waals surface area contributed by atoms with E-state index >= 15 is 0 Å². The highest BCUT2D eigenvalue weighted by Crippen LogP contribution is 2.25. The predicted molar refractivity (Wildman–Crippen MR) is 58.2 cm³/mol. The number of imidazole rings is 1. The maximum absolute atomic E-state index is 4.57. The van der Waals surface area contributed by atoms with Crippen molar-refractivity contribution in [3.63, 3.8) is 0 Å². The number of rotatable bonds is 2. The molecule has 2 nitrogen and oxygen atoms in total. The molecule has 1 aromatic rings. The van der Waals surface area contributed by atoms with E-state index in [9.17, 15) is 0 Å². The zero-order chi connectivity index (χ0) is 10.1. The van der Waals surface area contributed by atoms with Gasteiger partial charge in [-0.15, -0.1) is 0 Å². The van der Waals surface area contributed by atoms with Crippen molar-refractivity contribution in [2.45, 2.75) is 46.6 Å². The number of aromatic nitrogens is 2. The molecule has 2 rings (SSSR count). The minimum absolute atomic E-state index is 0.822. The first kappa shape index (κ1) is 9.75. The standard InChI is InChI=1S/C12H20N2/c1-9(2)6-11-4-5-14-8-10(3)13-12(14)7-11/h8-9,11H,4-7H2,1-3H3. The lowest BCUT2D eigenvalue weighted by atomic mass is 9.89. The van der Waals surface area contributed by atoms with Crippen LogP contribution >= 0.6 is 0 Å². The van der Waals surface area contributed by atoms with Crippen molar-refractivity contribution in [3.05, 3.63) is 17.7 Å². The molecular weight excluding hydrogens is 172 g/mol. The smallest absolute Gasteiger partial charge is 0.109 e. The van der Waals surface area contributed by atoms with Gasteiger partial charge in [-0.25, -0.2) is 4.98 Å². The van der Waals surface area contributed by atoms with Gasteiger partial charge in [-0.05, 0) is 31.6 Å². The molecule has 0 N–H and O–H groups in total. The number of aryl methyl sites for hydroxylation is 2. The van der Waals surface area contributed by atoms with Crippen molar-refractivity contribution in [1.29, 1.82) is 0 Å². The Morgan fingerprint density at radius 1 is 1.57 bits per heavy atom. The van der Waals surface area contributed by atoms with Gasteiger partial charge in [0.15, 0.2) is 0 Å². The highest BCUT2D eigenvalue weighted by atomic mass is 15.1. The molecule has 1 atom stereocenters. The summed E-state index contributed by atoms with van der Waals surface area (Å²) in [6.07, 6.45) is 6.06. The summed E-state index contributed by atoms with van der Waals surface area (Å²) in [6.45, 7) is 7.88. The van der Waals surface area contributed by atoms with Gasteiger partial charge in [-0.3, -0.25) is 0 Å². The molecule has 1 unspecified atom stereocenters. The Kier molecular flexibility index (Phi) is 2.62. The summed E-state index contributed by atoms with van der Waals surface area (Å²) in [5, 5.41) is 0. The maximum Gasteiger partial charge on any atom is 0.109 e. The average molecular weight is 192 g/mol. The molecular formula is C12H20N2. The summed E-state index contributed by atoms with van der Waals surface area (Å²) < 4.78 is 2.33. The molecule has 0 amide bonds. The van der Waals surface area contributed by atoms with Crippen molar-refractivity contribution in [2.75, 3.05) is 0 Å². The van der Waals surface area contributed by atoms with Crippen LogP contribution in [0, 0.1) is 18.8 Å². The molecule has 2 heteroatoms. The predicted octanol–water partition coefficient (Wildman–Crippen LogP) is 2.80. The van der Waals surface area contributed by atoms with Crippen LogP contribution in [0.4, 0.5) is 0 Å². The third-order valence-electron chi connectivity index (χ3n) is 3.03. The quantitative estimate of drug-likeness (QED) is 0.704. The Balaban J connectivity index is 2.05. The molecule has 0 radical (unpaired) electrons. The monoisotopic (exact) mass is 192 g/mol. The Labute approximate surface area is 86.3 Å². The third-order valence-corrected chi connectivity index (χ3v) is 3.03. The van der Waals surface area contributed by atoms with E-state index in [2.05, 4.69) is 36.5 Å². The van der Waals surface area contributed by atoms with Crippen LogP contribution in [0.25, 0.3) is 0 Å². The van der Waals surface area contributed by atoms with Crippen LogP contribution in [0.15, 0.2) is 6.20 Å². The lowest BCUT2D eigenvalue weighted by Crippen LogP contribution is -2.20. The van der Waals surface area contributed by atoms with Gasteiger partial charge in [0.2, 0.25) is 0 Å². The van der Waals surface area contributed by atoms with E-state index in [0.717, 1.165) is 11.8 Å². The van der Waals surface area contributed by atoms with E-state index in [-0.39, 0.29) is 0 Å². The second-order valence-electron chi connectivity index (χ2n) is 4.98. The minimum Gasteiger partial charge on any atom is -0.335 e. The van der Waals surface area contributed by atoms with Crippen LogP contribution in [-0.2, 0) is 13.0 Å². The van der Waals surface area contributed by atoms with E-state index in [1.54, 1.807) is 0 Å². The fourth-order valence-corrected chi connectivity index (χ4v) is 2.50. The largest absolute Gasteiger partial charge is 0.335 e. The summed E-state index contributed by atoms with van der Waals surface area (Å²) in [5.41, 5.74) is 1.17. The maximum atomic E-state index is 4.57. The van der Waals surface area contributed by atoms with E-state index in [0.29, 0.717) is 0 Å². The molecule has 2 heterocycles. The molecule has 0 aliphatic carbocycles. The Morgan fingerprint density at radius 3 is 3.07 bits per heavy atom. The van der Waals surface area contributed by atoms with Gasteiger partial charge in [0, 0.05) is 19.2 Å². The zero-order valence-electron chi connectivity index (χ0n) is 9.45. The first-order valence-electron chi connectivity index (χ1n) is 5.68. The second kappa shape index (κ2) is 3.76. The van der Waals surface area contributed by atoms with E-state index in [4.69, 9.17) is 0 Å². The van der Waals surface area contributed by atoms with Crippen molar-refractivity contribution in [2.24, 2.45) is 11.8 Å². The highest BCUT2D eigenvalue weighted by Gasteiger charge is 2.20. The topological polar surface area (TPSA) is 17.8 Å². The number of hydrogen-bond acceptors (Lipinski definition) is 1. The highest BCUT2D eigenvalue weighted by molar-refractivity contribution is 5.05. The van der Waals surface area contributed by atoms with E-state index in [1.165, 1.54) is 37.3 Å². The van der Waals surface area contributed by atoms with Gasteiger partial charge < -0.3 is 4.57 Å². The number of hydrogen-bond donors (Lipinski definition) is 0. The van der Waals surface area contributed by atoms with E-state index < -0.39 is 0 Å². The van der Waals surface area contributed by atoms with Gasteiger partial charge in [-0.1, -0.05) is 13.8 Å². The molecule has 0 fully saturated rings. The van der Waals surface area contributed by atoms with Gasteiger partial charge in [0.05, 0.1) is 5.69 Å². The minimum atomic E-state index is 0.822. The van der Waals surface area contributed by atoms with Crippen molar-refractivity contribution in [1.82, 2.24) is 9.55 Å². The summed E-state index contributed by atoms with van der Waals surface area (Å²) >= 11 is 0. The first-order valence-corrected chi connectivity index (χ1v) is 5.68. The van der Waals surface area contributed by atoms with E-state index in [1.807, 2.05) is 0 Å².